The average molecular weight is 906 g/mol. The van der Waals surface area contributed by atoms with Crippen LogP contribution in [0, 0.1) is 11.8 Å². The number of hydrogen-bond donors (Lipinski definition) is 3. The Labute approximate surface area is 389 Å². The number of nitrogens with one attached hydrogen (secondary N) is 2. The molecule has 4 N–H and O–H groups in total. The SMILES string of the molecule is NC(=O)c1nnc(N2CCCC(N3CCN(c4ccccc4)C3=O)C2)nc1Nc1ccc(N2CCC(N3CCN(CC#Cc4ccc5c(c4)CN(C4CCC(=O)NC4=O)C5=O)CC3)CC2)cc1. The molecule has 18 nitrogen and oxygen atoms in total. The zero-order valence-corrected chi connectivity index (χ0v) is 37.5. The lowest BCUT2D eigenvalue weighted by Gasteiger charge is -2.43. The molecule has 2 unspecified atom stereocenters. The Morgan fingerprint density at radius 3 is 2.33 bits per heavy atom. The van der Waals surface area contributed by atoms with E-state index in [-0.39, 0.29) is 41.8 Å². The Hall–Kier alpha value is -7.10. The molecule has 7 heterocycles. The lowest BCUT2D eigenvalue weighted by Crippen LogP contribution is -2.53. The number of piperidine rings is 3. The zero-order valence-electron chi connectivity index (χ0n) is 37.5. The van der Waals surface area contributed by atoms with Crippen molar-refractivity contribution in [2.75, 3.05) is 92.0 Å². The number of para-hydroxylation sites is 1. The van der Waals surface area contributed by atoms with E-state index in [1.54, 1.807) is 11.0 Å². The van der Waals surface area contributed by atoms with E-state index in [1.807, 2.05) is 69.3 Å². The van der Waals surface area contributed by atoms with Gasteiger partial charge in [-0.3, -0.25) is 39.2 Å². The summed E-state index contributed by atoms with van der Waals surface area (Å²) in [5.74, 6) is 5.64. The van der Waals surface area contributed by atoms with Crippen LogP contribution < -0.4 is 31.1 Å². The van der Waals surface area contributed by atoms with E-state index in [9.17, 15) is 24.0 Å². The third-order valence-electron chi connectivity index (χ3n) is 14.1. The van der Waals surface area contributed by atoms with E-state index in [0.29, 0.717) is 63.2 Å². The van der Waals surface area contributed by atoms with E-state index in [4.69, 9.17) is 10.7 Å². The van der Waals surface area contributed by atoms with Gasteiger partial charge in [0.2, 0.25) is 17.8 Å². The fourth-order valence-electron chi connectivity index (χ4n) is 10.4. The van der Waals surface area contributed by atoms with Gasteiger partial charge in [-0.25, -0.2) is 4.79 Å². The molecule has 0 aliphatic carbocycles. The number of benzene rings is 3. The molecule has 67 heavy (non-hydrogen) atoms. The summed E-state index contributed by atoms with van der Waals surface area (Å²) in [7, 11) is 0. The van der Waals surface area contributed by atoms with Crippen LogP contribution in [0.15, 0.2) is 72.8 Å². The summed E-state index contributed by atoms with van der Waals surface area (Å²) in [4.78, 5) is 82.6. The number of nitrogens with zero attached hydrogens (tertiary/aromatic N) is 10. The molecule has 346 valence electrons. The van der Waals surface area contributed by atoms with E-state index in [2.05, 4.69) is 59.5 Å². The van der Waals surface area contributed by atoms with Crippen molar-refractivity contribution in [2.45, 2.75) is 63.2 Å². The smallest absolute Gasteiger partial charge is 0.324 e. The molecule has 6 aliphatic rings. The molecule has 6 amide bonds. The van der Waals surface area contributed by atoms with Gasteiger partial charge in [-0.15, -0.1) is 10.2 Å². The summed E-state index contributed by atoms with van der Waals surface area (Å²) < 4.78 is 0. The normalized spacial score (nSPS) is 21.9. The number of piperazine rings is 1. The van der Waals surface area contributed by atoms with Gasteiger partial charge in [0.1, 0.15) is 6.04 Å². The van der Waals surface area contributed by atoms with Crippen molar-refractivity contribution >= 4 is 58.5 Å². The second kappa shape index (κ2) is 19.0. The van der Waals surface area contributed by atoms with Gasteiger partial charge in [-0.2, -0.15) is 4.98 Å². The number of aromatic nitrogens is 3. The Kier molecular flexibility index (Phi) is 12.4. The van der Waals surface area contributed by atoms with Gasteiger partial charge < -0.3 is 30.7 Å². The van der Waals surface area contributed by atoms with Crippen molar-refractivity contribution in [3.8, 4) is 11.8 Å². The van der Waals surface area contributed by atoms with Gasteiger partial charge in [-0.1, -0.05) is 30.0 Å². The molecule has 6 aliphatic heterocycles. The molecular formula is C49H55N13O5. The maximum absolute atomic E-state index is 13.5. The van der Waals surface area contributed by atoms with Crippen LogP contribution in [0.4, 0.5) is 33.6 Å². The van der Waals surface area contributed by atoms with Crippen molar-refractivity contribution in [3.63, 3.8) is 0 Å². The highest BCUT2D eigenvalue weighted by Gasteiger charge is 2.40. The zero-order chi connectivity index (χ0) is 46.0. The number of hydrogen-bond acceptors (Lipinski definition) is 13. The maximum atomic E-state index is 13.5. The summed E-state index contributed by atoms with van der Waals surface area (Å²) in [5, 5.41) is 14.1. The number of amides is 6. The van der Waals surface area contributed by atoms with Crippen molar-refractivity contribution in [1.82, 2.24) is 40.1 Å². The highest BCUT2D eigenvalue weighted by molar-refractivity contribution is 6.05. The number of anilines is 5. The summed E-state index contributed by atoms with van der Waals surface area (Å²) >= 11 is 0. The summed E-state index contributed by atoms with van der Waals surface area (Å²) in [6, 6.07) is 23.4. The summed E-state index contributed by atoms with van der Waals surface area (Å²) in [6.07, 6.45) is 4.47. The first-order valence-corrected chi connectivity index (χ1v) is 23.4. The lowest BCUT2D eigenvalue weighted by molar-refractivity contribution is -0.136. The molecule has 0 spiro atoms. The van der Waals surface area contributed by atoms with Gasteiger partial charge in [-0.05, 0) is 92.3 Å². The molecule has 1 aromatic heterocycles. The Morgan fingerprint density at radius 1 is 0.776 bits per heavy atom. The second-order valence-corrected chi connectivity index (χ2v) is 18.2. The molecule has 0 radical (unpaired) electrons. The lowest BCUT2D eigenvalue weighted by atomic mass is 10.0. The van der Waals surface area contributed by atoms with Crippen LogP contribution in [0.25, 0.3) is 0 Å². The van der Waals surface area contributed by atoms with Crippen LogP contribution in [0.3, 0.4) is 0 Å². The predicted molar refractivity (Wildman–Crippen MR) is 252 cm³/mol. The van der Waals surface area contributed by atoms with Crippen LogP contribution >= 0.6 is 0 Å². The first kappa shape index (κ1) is 43.8. The van der Waals surface area contributed by atoms with Crippen molar-refractivity contribution in [2.24, 2.45) is 5.73 Å². The highest BCUT2D eigenvalue weighted by atomic mass is 16.2. The fraction of sp³-hybridized carbons (Fsp3) is 0.429. The number of carbonyl (C=O) groups is 5. The fourth-order valence-corrected chi connectivity index (χ4v) is 10.4. The van der Waals surface area contributed by atoms with Crippen LogP contribution in [0.5, 0.6) is 0 Å². The largest absolute Gasteiger partial charge is 0.371 e. The van der Waals surface area contributed by atoms with Crippen LogP contribution in [-0.2, 0) is 16.1 Å². The number of imide groups is 1. The minimum absolute atomic E-state index is 0.00421. The minimum atomic E-state index is -0.723. The Morgan fingerprint density at radius 2 is 1.57 bits per heavy atom. The van der Waals surface area contributed by atoms with Crippen LogP contribution in [0.2, 0.25) is 0 Å². The molecule has 3 aromatic carbocycles. The topological polar surface area (TPSA) is 197 Å². The minimum Gasteiger partial charge on any atom is -0.371 e. The molecule has 0 bridgehead atoms. The summed E-state index contributed by atoms with van der Waals surface area (Å²) in [5.41, 5.74) is 10.8. The number of primary amides is 1. The first-order valence-electron chi connectivity index (χ1n) is 23.4. The molecule has 5 saturated heterocycles. The molecule has 0 saturated carbocycles. The molecule has 10 rings (SSSR count). The number of fused-ring (bicyclic) bond motifs is 1. The standard InChI is InChI=1S/C49H55N13O5/c50-44(64)43-45(53-48(55-54-43)59-21-5-9-39(32-59)61-29-28-60(49(61)67)38-7-2-1-3-8-38)51-35-11-13-36(14-12-35)57-22-18-37(19-23-57)58-26-24-56(25-27-58)20-4-6-33-10-15-40-34(30-33)31-62(47(40)66)41-16-17-42(63)52-46(41)65/h1-3,7-8,10-15,30,37,39,41H,5,9,16-29,31-32H2,(H2,50,64)(H,51,53,55)(H,52,63,65). The second-order valence-electron chi connectivity index (χ2n) is 18.2. The number of nitrogens with two attached hydrogens (primary N) is 1. The molecule has 4 aromatic rings. The average Bonchev–Trinajstić information content (AvgIpc) is 3.90. The third-order valence-corrected chi connectivity index (χ3v) is 14.1. The summed E-state index contributed by atoms with van der Waals surface area (Å²) in [6.45, 7) is 9.38. The molecule has 5 fully saturated rings. The Balaban J connectivity index is 0.685. The van der Waals surface area contributed by atoms with E-state index < -0.39 is 17.9 Å². The predicted octanol–water partition coefficient (Wildman–Crippen LogP) is 3.02. The van der Waals surface area contributed by atoms with Crippen molar-refractivity contribution < 1.29 is 24.0 Å². The van der Waals surface area contributed by atoms with Crippen LogP contribution in [0.1, 0.15) is 70.5 Å². The molecule has 18 heteroatoms. The van der Waals surface area contributed by atoms with E-state index in [1.165, 1.54) is 0 Å². The van der Waals surface area contributed by atoms with Gasteiger partial charge in [0.15, 0.2) is 11.5 Å². The van der Waals surface area contributed by atoms with Crippen molar-refractivity contribution in [3.05, 3.63) is 95.2 Å². The van der Waals surface area contributed by atoms with Gasteiger partial charge in [0, 0.05) is 113 Å². The molecular weight excluding hydrogens is 851 g/mol. The molecule has 2 atom stereocenters. The van der Waals surface area contributed by atoms with Gasteiger partial charge >= 0.3 is 6.03 Å². The maximum Gasteiger partial charge on any atom is 0.324 e. The number of urea groups is 1. The first-order chi connectivity index (χ1) is 32.6. The van der Waals surface area contributed by atoms with Crippen LogP contribution in [-0.4, -0.2) is 155 Å². The van der Waals surface area contributed by atoms with Crippen molar-refractivity contribution in [1.29, 1.82) is 0 Å². The number of rotatable bonds is 10. The van der Waals surface area contributed by atoms with E-state index in [0.717, 1.165) is 93.1 Å². The highest BCUT2D eigenvalue weighted by Crippen LogP contribution is 2.31. The number of carbonyl (C=O) groups excluding carboxylic acids is 5. The third kappa shape index (κ3) is 9.34. The van der Waals surface area contributed by atoms with Gasteiger partial charge in [0.25, 0.3) is 11.8 Å². The Bertz CT molecular complexity index is 2600. The monoisotopic (exact) mass is 905 g/mol. The quantitative estimate of drug-likeness (QED) is 0.155. The van der Waals surface area contributed by atoms with E-state index >= 15 is 0 Å². The van der Waals surface area contributed by atoms with Gasteiger partial charge in [0.05, 0.1) is 12.6 Å².